The number of hydrogen-bond acceptors (Lipinski definition) is 7. The topological polar surface area (TPSA) is 122 Å². The third kappa shape index (κ3) is 4.62. The first-order valence-corrected chi connectivity index (χ1v) is 10.8. The van der Waals surface area contributed by atoms with E-state index >= 15 is 0 Å². The molecule has 1 aromatic heterocycles. The van der Waals surface area contributed by atoms with Crippen LogP contribution >= 0.6 is 0 Å². The highest BCUT2D eigenvalue weighted by Gasteiger charge is 2.45. The highest BCUT2D eigenvalue weighted by Crippen LogP contribution is 2.42. The largest absolute Gasteiger partial charge is 0.444 e. The summed E-state index contributed by atoms with van der Waals surface area (Å²) in [7, 11) is 3.61. The van der Waals surface area contributed by atoms with E-state index in [4.69, 9.17) is 4.74 Å². The molecule has 0 fully saturated rings. The number of amides is 3. The summed E-state index contributed by atoms with van der Waals surface area (Å²) >= 11 is 0. The van der Waals surface area contributed by atoms with Crippen molar-refractivity contribution >= 4 is 29.3 Å². The second-order valence-corrected chi connectivity index (χ2v) is 9.39. The Morgan fingerprint density at radius 3 is 2.67 bits per heavy atom. The van der Waals surface area contributed by atoms with Crippen LogP contribution in [0.3, 0.4) is 0 Å². The van der Waals surface area contributed by atoms with Crippen LogP contribution in [0.4, 0.5) is 16.2 Å². The van der Waals surface area contributed by atoms with Crippen LogP contribution in [0.25, 0.3) is 0 Å². The maximum Gasteiger partial charge on any atom is 0.408 e. The number of carbonyl (C=O) groups excluding carboxylic acids is 3. The van der Waals surface area contributed by atoms with Crippen molar-refractivity contribution in [2.24, 2.45) is 7.05 Å². The van der Waals surface area contributed by atoms with Gasteiger partial charge in [-0.1, -0.05) is 17.3 Å². The molecule has 11 nitrogen and oxygen atoms in total. The molecule has 0 bridgehead atoms. The average molecular weight is 456 g/mol. The molecule has 33 heavy (non-hydrogen) atoms. The molecule has 0 radical (unpaired) electrons. The molecule has 2 atom stereocenters. The Balaban J connectivity index is 1.59. The lowest BCUT2D eigenvalue weighted by atomic mass is 10.1. The first kappa shape index (κ1) is 22.6. The standard InChI is InChI=1S/C22H29N7O4/c1-22(2,3)33-21(32)24-15-12-27(4)16-8-6-7-13-9-17(29(18(13)16)20(15)31)19(30)23-10-14-11-28(5)26-25-14/h6-8,11,15,17H,9-10,12H2,1-5H3,(H,23,30)(H,24,32)/t15-,17+/m0/s1. The van der Waals surface area contributed by atoms with Crippen LogP contribution in [-0.4, -0.2) is 64.2 Å². The molecule has 2 aliphatic rings. The number of ether oxygens (including phenoxy) is 1. The van der Waals surface area contributed by atoms with Crippen LogP contribution in [-0.2, 0) is 34.3 Å². The van der Waals surface area contributed by atoms with Gasteiger partial charge in [0.25, 0.3) is 5.91 Å². The smallest absolute Gasteiger partial charge is 0.408 e. The fourth-order valence-corrected chi connectivity index (χ4v) is 4.20. The molecule has 3 heterocycles. The van der Waals surface area contributed by atoms with E-state index in [1.807, 2.05) is 30.1 Å². The minimum Gasteiger partial charge on any atom is -0.444 e. The molecule has 11 heteroatoms. The fraction of sp³-hybridized carbons (Fsp3) is 0.500. The summed E-state index contributed by atoms with van der Waals surface area (Å²) in [6.07, 6.45) is 1.42. The van der Waals surface area contributed by atoms with E-state index in [0.29, 0.717) is 17.8 Å². The first-order chi connectivity index (χ1) is 15.5. The van der Waals surface area contributed by atoms with Crippen LogP contribution in [0.15, 0.2) is 24.4 Å². The van der Waals surface area contributed by atoms with Crippen molar-refractivity contribution in [3.05, 3.63) is 35.7 Å². The van der Waals surface area contributed by atoms with Crippen LogP contribution < -0.4 is 20.4 Å². The van der Waals surface area contributed by atoms with E-state index in [9.17, 15) is 14.4 Å². The number of carbonyl (C=O) groups is 3. The van der Waals surface area contributed by atoms with Gasteiger partial charge in [-0.15, -0.1) is 5.10 Å². The van der Waals surface area contributed by atoms with Gasteiger partial charge in [0.2, 0.25) is 5.91 Å². The lowest BCUT2D eigenvalue weighted by Crippen LogP contribution is -2.56. The van der Waals surface area contributed by atoms with Gasteiger partial charge in [0.05, 0.1) is 17.9 Å². The number of likely N-dealkylation sites (N-methyl/N-ethyl adjacent to an activating group) is 1. The number of hydrogen-bond donors (Lipinski definition) is 2. The van der Waals surface area contributed by atoms with Gasteiger partial charge in [-0.25, -0.2) is 4.79 Å². The molecule has 0 unspecified atom stereocenters. The lowest BCUT2D eigenvalue weighted by Gasteiger charge is -2.28. The van der Waals surface area contributed by atoms with Gasteiger partial charge in [0, 0.05) is 33.3 Å². The van der Waals surface area contributed by atoms with E-state index < -0.39 is 23.8 Å². The van der Waals surface area contributed by atoms with E-state index in [1.54, 1.807) is 38.7 Å². The highest BCUT2D eigenvalue weighted by molar-refractivity contribution is 6.10. The minimum absolute atomic E-state index is 0.202. The van der Waals surface area contributed by atoms with Crippen LogP contribution in [0, 0.1) is 0 Å². The first-order valence-electron chi connectivity index (χ1n) is 10.8. The zero-order chi connectivity index (χ0) is 23.9. The van der Waals surface area contributed by atoms with E-state index in [0.717, 1.165) is 11.3 Å². The average Bonchev–Trinajstić information content (AvgIpc) is 3.30. The molecule has 0 saturated heterocycles. The number of benzene rings is 1. The molecule has 1 aromatic carbocycles. The summed E-state index contributed by atoms with van der Waals surface area (Å²) < 4.78 is 6.91. The molecule has 176 valence electrons. The Kier molecular flexibility index (Phi) is 5.73. The number of nitrogens with zero attached hydrogens (tertiary/aromatic N) is 5. The summed E-state index contributed by atoms with van der Waals surface area (Å²) in [5, 5.41) is 13.4. The van der Waals surface area contributed by atoms with Gasteiger partial charge in [0.15, 0.2) is 0 Å². The van der Waals surface area contributed by atoms with E-state index in [2.05, 4.69) is 20.9 Å². The highest BCUT2D eigenvalue weighted by atomic mass is 16.6. The second-order valence-electron chi connectivity index (χ2n) is 9.39. The maximum atomic E-state index is 13.6. The Morgan fingerprint density at radius 1 is 1.24 bits per heavy atom. The third-order valence-corrected chi connectivity index (χ3v) is 5.55. The number of para-hydroxylation sites is 1. The molecule has 3 amide bonds. The predicted octanol–water partition coefficient (Wildman–Crippen LogP) is 0.732. The SMILES string of the molecule is CN1C[C@H](NC(=O)OC(C)(C)C)C(=O)N2c3c(cccc31)C[C@@H]2C(=O)NCc1cn(C)nn1. The Morgan fingerprint density at radius 2 is 2.00 bits per heavy atom. The Labute approximate surface area is 192 Å². The van der Waals surface area contributed by atoms with Gasteiger partial charge < -0.3 is 20.3 Å². The zero-order valence-corrected chi connectivity index (χ0v) is 19.5. The van der Waals surface area contributed by atoms with Crippen molar-refractivity contribution in [2.75, 3.05) is 23.4 Å². The quantitative estimate of drug-likeness (QED) is 0.697. The molecule has 4 rings (SSSR count). The molecule has 2 aliphatic heterocycles. The second kappa shape index (κ2) is 8.38. The summed E-state index contributed by atoms with van der Waals surface area (Å²) in [5.74, 6) is -0.646. The molecule has 0 aliphatic carbocycles. The number of rotatable bonds is 4. The number of anilines is 2. The van der Waals surface area contributed by atoms with Crippen molar-refractivity contribution in [2.45, 2.75) is 51.4 Å². The van der Waals surface area contributed by atoms with E-state index in [-0.39, 0.29) is 24.9 Å². The van der Waals surface area contributed by atoms with Crippen LogP contribution in [0.2, 0.25) is 0 Å². The normalized spacial score (nSPS) is 19.7. The molecule has 2 N–H and O–H groups in total. The van der Waals surface area contributed by atoms with Crippen molar-refractivity contribution in [3.8, 4) is 0 Å². The monoisotopic (exact) mass is 455 g/mol. The summed E-state index contributed by atoms with van der Waals surface area (Å²) in [5.41, 5.74) is 2.37. The fourth-order valence-electron chi connectivity index (χ4n) is 4.20. The van der Waals surface area contributed by atoms with Gasteiger partial charge in [-0.2, -0.15) is 0 Å². The van der Waals surface area contributed by atoms with Gasteiger partial charge in [0.1, 0.15) is 23.4 Å². The van der Waals surface area contributed by atoms with Gasteiger partial charge >= 0.3 is 6.09 Å². The lowest BCUT2D eigenvalue weighted by molar-refractivity contribution is -0.127. The van der Waals surface area contributed by atoms with Crippen molar-refractivity contribution < 1.29 is 19.1 Å². The minimum atomic E-state index is -0.876. The predicted molar refractivity (Wildman–Crippen MR) is 121 cm³/mol. The summed E-state index contributed by atoms with van der Waals surface area (Å²) in [6, 6.07) is 4.13. The molecular weight excluding hydrogens is 426 g/mol. The number of aromatic nitrogens is 3. The van der Waals surface area contributed by atoms with Crippen molar-refractivity contribution in [1.29, 1.82) is 0 Å². The van der Waals surface area contributed by atoms with Crippen molar-refractivity contribution in [3.63, 3.8) is 0 Å². The van der Waals surface area contributed by atoms with Crippen molar-refractivity contribution in [1.82, 2.24) is 25.6 Å². The zero-order valence-electron chi connectivity index (χ0n) is 19.5. The van der Waals surface area contributed by atoms with Gasteiger partial charge in [-0.05, 0) is 32.4 Å². The molecule has 2 aromatic rings. The molecular formula is C22H29N7O4. The maximum absolute atomic E-state index is 13.6. The van der Waals surface area contributed by atoms with Crippen LogP contribution in [0.5, 0.6) is 0 Å². The van der Waals surface area contributed by atoms with E-state index in [1.165, 1.54) is 4.90 Å². The molecule has 0 saturated carbocycles. The third-order valence-electron chi connectivity index (χ3n) is 5.55. The molecule has 0 spiro atoms. The Hall–Kier alpha value is -3.63. The van der Waals surface area contributed by atoms with Gasteiger partial charge in [-0.3, -0.25) is 19.2 Å². The van der Waals surface area contributed by atoms with Crippen LogP contribution in [0.1, 0.15) is 32.0 Å². The number of alkyl carbamates (subject to hydrolysis) is 1. The Bertz CT molecular complexity index is 1090. The number of nitrogens with one attached hydrogen (secondary N) is 2. The summed E-state index contributed by atoms with van der Waals surface area (Å²) in [4.78, 5) is 42.7. The summed E-state index contributed by atoms with van der Waals surface area (Å²) in [6.45, 7) is 5.72. The number of aryl methyl sites for hydroxylation is 1.